The predicted octanol–water partition coefficient (Wildman–Crippen LogP) is 1.10. The Hall–Kier alpha value is -1.10. The lowest BCUT2D eigenvalue weighted by Crippen LogP contribution is -2.56. The summed E-state index contributed by atoms with van der Waals surface area (Å²) in [5.74, 6) is 1.07. The predicted molar refractivity (Wildman–Crippen MR) is 80.9 cm³/mol. The molecule has 0 aromatic rings. The molecule has 0 radical (unpaired) electrons. The van der Waals surface area contributed by atoms with E-state index in [9.17, 15) is 14.7 Å². The number of aliphatic hydroxyl groups is 1. The molecule has 5 heteroatoms. The van der Waals surface area contributed by atoms with Gasteiger partial charge in [-0.3, -0.25) is 9.59 Å². The van der Waals surface area contributed by atoms with Crippen LogP contribution in [-0.2, 0) is 9.59 Å². The van der Waals surface area contributed by atoms with Gasteiger partial charge in [0, 0.05) is 12.5 Å². The van der Waals surface area contributed by atoms with E-state index in [0.29, 0.717) is 24.3 Å². The molecule has 0 aliphatic heterocycles. The first kappa shape index (κ1) is 14.5. The van der Waals surface area contributed by atoms with Crippen LogP contribution in [0.4, 0.5) is 0 Å². The molecule has 2 amide bonds. The summed E-state index contributed by atoms with van der Waals surface area (Å²) in [7, 11) is 0. The fourth-order valence-corrected chi connectivity index (χ4v) is 5.70. The zero-order valence-corrected chi connectivity index (χ0v) is 13.1. The summed E-state index contributed by atoms with van der Waals surface area (Å²) in [6.07, 6.45) is 8.60. The molecule has 0 spiro atoms. The molecule has 5 saturated carbocycles. The zero-order chi connectivity index (χ0) is 15.4. The summed E-state index contributed by atoms with van der Waals surface area (Å²) in [4.78, 5) is 23.9. The number of rotatable bonds is 5. The van der Waals surface area contributed by atoms with E-state index in [2.05, 4.69) is 10.6 Å². The SMILES string of the molecule is O=C(CC12CC3CC(CC(O)(C3)C1)C2)NCC(=O)NC1CC1. The zero-order valence-electron chi connectivity index (χ0n) is 13.1. The lowest BCUT2D eigenvalue weighted by molar-refractivity contribution is -0.169. The fourth-order valence-electron chi connectivity index (χ4n) is 5.70. The van der Waals surface area contributed by atoms with Gasteiger partial charge in [-0.2, -0.15) is 0 Å². The van der Waals surface area contributed by atoms with Gasteiger partial charge in [0.15, 0.2) is 0 Å². The minimum Gasteiger partial charge on any atom is -0.390 e. The van der Waals surface area contributed by atoms with E-state index in [-0.39, 0.29) is 23.8 Å². The van der Waals surface area contributed by atoms with Crippen LogP contribution in [0.2, 0.25) is 0 Å². The van der Waals surface area contributed by atoms with Gasteiger partial charge in [-0.25, -0.2) is 0 Å². The normalized spacial score (nSPS) is 42.2. The number of nitrogens with one attached hydrogen (secondary N) is 2. The molecule has 22 heavy (non-hydrogen) atoms. The molecule has 5 aliphatic rings. The number of hydrogen-bond donors (Lipinski definition) is 3. The third-order valence-corrected chi connectivity index (χ3v) is 6.08. The maximum atomic E-state index is 12.3. The van der Waals surface area contributed by atoms with Crippen LogP contribution in [0.3, 0.4) is 0 Å². The highest BCUT2D eigenvalue weighted by Gasteiger charge is 2.57. The van der Waals surface area contributed by atoms with E-state index >= 15 is 0 Å². The molecular formula is C17H26N2O3. The van der Waals surface area contributed by atoms with Crippen molar-refractivity contribution in [3.63, 3.8) is 0 Å². The molecule has 4 bridgehead atoms. The third-order valence-electron chi connectivity index (χ3n) is 6.08. The largest absolute Gasteiger partial charge is 0.390 e. The molecule has 0 saturated heterocycles. The molecular weight excluding hydrogens is 280 g/mol. The van der Waals surface area contributed by atoms with Crippen LogP contribution >= 0.6 is 0 Å². The molecule has 2 atom stereocenters. The lowest BCUT2D eigenvalue weighted by Gasteiger charge is -2.60. The minimum atomic E-state index is -0.520. The van der Waals surface area contributed by atoms with Crippen LogP contribution in [0.25, 0.3) is 0 Å². The van der Waals surface area contributed by atoms with Gasteiger partial charge in [0.05, 0.1) is 12.1 Å². The molecule has 5 rings (SSSR count). The van der Waals surface area contributed by atoms with Crippen molar-refractivity contribution in [3.8, 4) is 0 Å². The molecule has 2 unspecified atom stereocenters. The van der Waals surface area contributed by atoms with Crippen LogP contribution in [0, 0.1) is 17.3 Å². The average molecular weight is 306 g/mol. The van der Waals surface area contributed by atoms with Gasteiger partial charge in [0.1, 0.15) is 0 Å². The monoisotopic (exact) mass is 306 g/mol. The average Bonchev–Trinajstić information content (AvgIpc) is 3.16. The third kappa shape index (κ3) is 2.87. The number of carbonyl (C=O) groups is 2. The Morgan fingerprint density at radius 3 is 2.32 bits per heavy atom. The van der Waals surface area contributed by atoms with Gasteiger partial charge in [-0.1, -0.05) is 0 Å². The highest BCUT2D eigenvalue weighted by molar-refractivity contribution is 5.85. The molecule has 5 nitrogen and oxygen atoms in total. The molecule has 5 fully saturated rings. The quantitative estimate of drug-likeness (QED) is 0.712. The Bertz CT molecular complexity index is 486. The van der Waals surface area contributed by atoms with Gasteiger partial charge >= 0.3 is 0 Å². The molecule has 0 aromatic heterocycles. The highest BCUT2D eigenvalue weighted by Crippen LogP contribution is 2.62. The Morgan fingerprint density at radius 1 is 1.05 bits per heavy atom. The maximum absolute atomic E-state index is 12.3. The molecule has 122 valence electrons. The second-order valence-electron chi connectivity index (χ2n) is 8.48. The molecule has 0 heterocycles. The lowest BCUT2D eigenvalue weighted by atomic mass is 9.47. The highest BCUT2D eigenvalue weighted by atomic mass is 16.3. The topological polar surface area (TPSA) is 78.4 Å². The van der Waals surface area contributed by atoms with Gasteiger partial charge in [-0.05, 0) is 68.6 Å². The van der Waals surface area contributed by atoms with Gasteiger partial charge in [-0.15, -0.1) is 0 Å². The van der Waals surface area contributed by atoms with E-state index in [1.54, 1.807) is 0 Å². The molecule has 0 aromatic carbocycles. The van der Waals surface area contributed by atoms with Gasteiger partial charge < -0.3 is 15.7 Å². The Kier molecular flexibility index (Phi) is 3.26. The van der Waals surface area contributed by atoms with Crippen molar-refractivity contribution in [3.05, 3.63) is 0 Å². The standard InChI is InChI=1S/C17H26N2O3/c20-14(18-9-15(21)19-13-1-2-13)8-16-4-11-3-12(5-16)7-17(22,6-11)10-16/h11-13,22H,1-10H2,(H,18,20)(H,19,21). The van der Waals surface area contributed by atoms with Crippen molar-refractivity contribution in [2.45, 2.75) is 69.4 Å². The number of amides is 2. The van der Waals surface area contributed by atoms with E-state index < -0.39 is 5.60 Å². The second kappa shape index (κ2) is 4.95. The van der Waals surface area contributed by atoms with Crippen LogP contribution in [0.1, 0.15) is 57.8 Å². The van der Waals surface area contributed by atoms with Crippen molar-refractivity contribution in [2.24, 2.45) is 17.3 Å². The summed E-state index contributed by atoms with van der Waals surface area (Å²) in [6, 6.07) is 0.335. The summed E-state index contributed by atoms with van der Waals surface area (Å²) in [6.45, 7) is 0.0859. The maximum Gasteiger partial charge on any atom is 0.239 e. The first-order chi connectivity index (χ1) is 10.4. The summed E-state index contributed by atoms with van der Waals surface area (Å²) in [5, 5.41) is 16.4. The van der Waals surface area contributed by atoms with Crippen LogP contribution < -0.4 is 10.6 Å². The smallest absolute Gasteiger partial charge is 0.239 e. The van der Waals surface area contributed by atoms with E-state index in [0.717, 1.165) is 44.9 Å². The second-order valence-corrected chi connectivity index (χ2v) is 8.48. The van der Waals surface area contributed by atoms with Crippen molar-refractivity contribution in [1.82, 2.24) is 10.6 Å². The van der Waals surface area contributed by atoms with Crippen molar-refractivity contribution in [1.29, 1.82) is 0 Å². The molecule has 5 aliphatic carbocycles. The fraction of sp³-hybridized carbons (Fsp3) is 0.882. The van der Waals surface area contributed by atoms with Crippen LogP contribution in [0.15, 0.2) is 0 Å². The number of carbonyl (C=O) groups excluding carboxylic acids is 2. The van der Waals surface area contributed by atoms with Gasteiger partial charge in [0.25, 0.3) is 0 Å². The Labute approximate surface area is 131 Å². The Balaban J connectivity index is 1.32. The van der Waals surface area contributed by atoms with E-state index in [1.807, 2.05) is 0 Å². The van der Waals surface area contributed by atoms with Crippen molar-refractivity contribution >= 4 is 11.8 Å². The van der Waals surface area contributed by atoms with Crippen molar-refractivity contribution in [2.75, 3.05) is 6.54 Å². The first-order valence-corrected chi connectivity index (χ1v) is 8.72. The van der Waals surface area contributed by atoms with Crippen LogP contribution in [0.5, 0.6) is 0 Å². The van der Waals surface area contributed by atoms with Crippen LogP contribution in [-0.4, -0.2) is 35.1 Å². The van der Waals surface area contributed by atoms with E-state index in [1.165, 1.54) is 6.42 Å². The first-order valence-electron chi connectivity index (χ1n) is 8.72. The van der Waals surface area contributed by atoms with Gasteiger partial charge in [0.2, 0.25) is 11.8 Å². The minimum absolute atomic E-state index is 0.0180. The Morgan fingerprint density at radius 2 is 1.73 bits per heavy atom. The summed E-state index contributed by atoms with van der Waals surface area (Å²) < 4.78 is 0. The van der Waals surface area contributed by atoms with E-state index in [4.69, 9.17) is 0 Å². The molecule has 3 N–H and O–H groups in total. The summed E-state index contributed by atoms with van der Waals surface area (Å²) >= 11 is 0. The van der Waals surface area contributed by atoms with Crippen molar-refractivity contribution < 1.29 is 14.7 Å². The summed E-state index contributed by atoms with van der Waals surface area (Å²) in [5.41, 5.74) is -0.538. The number of hydrogen-bond acceptors (Lipinski definition) is 3.